The summed E-state index contributed by atoms with van der Waals surface area (Å²) in [7, 11) is 0. The van der Waals surface area contributed by atoms with E-state index in [0.717, 1.165) is 0 Å². The van der Waals surface area contributed by atoms with Gasteiger partial charge in [0.25, 0.3) is 0 Å². The number of carbonyl (C=O) groups is 2. The summed E-state index contributed by atoms with van der Waals surface area (Å²) in [6.07, 6.45) is 3.16. The van der Waals surface area contributed by atoms with Gasteiger partial charge >= 0.3 is 11.9 Å². The summed E-state index contributed by atoms with van der Waals surface area (Å²) < 4.78 is 11.4. The lowest BCUT2D eigenvalue weighted by molar-refractivity contribution is -0.160. The average molecular weight is 593 g/mol. The third-order valence-corrected chi connectivity index (χ3v) is 7.27. The van der Waals surface area contributed by atoms with Gasteiger partial charge in [0, 0.05) is 11.8 Å². The lowest BCUT2D eigenvalue weighted by atomic mass is 9.52. The van der Waals surface area contributed by atoms with Crippen molar-refractivity contribution in [2.24, 2.45) is 11.8 Å². The van der Waals surface area contributed by atoms with Crippen LogP contribution in [-0.2, 0) is 9.59 Å². The average Bonchev–Trinajstić information content (AvgIpc) is 3.00. The van der Waals surface area contributed by atoms with E-state index in [4.69, 9.17) is 9.47 Å². The Kier molecular flexibility index (Phi) is 13.0. The van der Waals surface area contributed by atoms with Crippen LogP contribution in [0.5, 0.6) is 11.5 Å². The Bertz CT molecular complexity index is 1380. The number of ether oxygens (including phenoxy) is 2. The summed E-state index contributed by atoms with van der Waals surface area (Å²) in [6.45, 7) is 11.9. The maximum absolute atomic E-state index is 12.3. The van der Waals surface area contributed by atoms with Gasteiger partial charge < -0.3 is 19.7 Å². The van der Waals surface area contributed by atoms with Gasteiger partial charge in [-0.3, -0.25) is 9.59 Å². The van der Waals surface area contributed by atoms with E-state index < -0.39 is 35.6 Å². The largest absolute Gasteiger partial charge is 0.489 e. The molecule has 0 bridgehead atoms. The maximum Gasteiger partial charge on any atom is 0.307 e. The minimum Gasteiger partial charge on any atom is -0.489 e. The standard InChI is InChI=1S/C24H24O6.2C7H8/c1-3-13-29-17-11-7-5-9-15(17)19-21(23(25)26)20(22(19)24(27)28)16-10-6-8-12-18(16)30-14-4-2;2*1-7-5-3-2-4-6-7/h3-12,19-22H,1-2,13-14H2,(H,25,26)(H,27,28);2*2-6H,1H3. The van der Waals surface area contributed by atoms with E-state index in [2.05, 4.69) is 51.3 Å². The van der Waals surface area contributed by atoms with E-state index in [1.165, 1.54) is 11.1 Å². The van der Waals surface area contributed by atoms with Crippen LogP contribution in [0, 0.1) is 25.7 Å². The third-order valence-electron chi connectivity index (χ3n) is 7.27. The van der Waals surface area contributed by atoms with Crippen LogP contribution in [0.15, 0.2) is 135 Å². The topological polar surface area (TPSA) is 93.1 Å². The van der Waals surface area contributed by atoms with Crippen LogP contribution in [0.1, 0.15) is 34.1 Å². The van der Waals surface area contributed by atoms with Crippen molar-refractivity contribution in [3.63, 3.8) is 0 Å². The van der Waals surface area contributed by atoms with E-state index in [-0.39, 0.29) is 13.2 Å². The van der Waals surface area contributed by atoms with Gasteiger partial charge in [-0.1, -0.05) is 133 Å². The molecule has 5 rings (SSSR count). The molecule has 44 heavy (non-hydrogen) atoms. The highest BCUT2D eigenvalue weighted by Crippen LogP contribution is 2.60. The molecule has 1 fully saturated rings. The van der Waals surface area contributed by atoms with Crippen LogP contribution in [0.3, 0.4) is 0 Å². The third kappa shape index (κ3) is 8.95. The van der Waals surface area contributed by atoms with Crippen molar-refractivity contribution in [3.05, 3.63) is 157 Å². The molecule has 228 valence electrons. The molecule has 0 aliphatic heterocycles. The normalized spacial score (nSPS) is 18.0. The SMILES string of the molecule is C=CCOc1ccccc1C1C(C(=O)O)C(c2ccccc2OCC=C)C1C(=O)O.Cc1ccccc1.Cc1ccccc1. The van der Waals surface area contributed by atoms with Crippen molar-refractivity contribution in [2.75, 3.05) is 13.2 Å². The smallest absolute Gasteiger partial charge is 0.307 e. The molecule has 1 aliphatic carbocycles. The van der Waals surface area contributed by atoms with Gasteiger partial charge in [0.15, 0.2) is 0 Å². The molecule has 2 N–H and O–H groups in total. The Morgan fingerprint density at radius 2 is 0.909 bits per heavy atom. The zero-order valence-electron chi connectivity index (χ0n) is 25.2. The molecule has 6 nitrogen and oxygen atoms in total. The molecule has 0 amide bonds. The molecule has 0 aromatic heterocycles. The van der Waals surface area contributed by atoms with Crippen molar-refractivity contribution in [1.82, 2.24) is 0 Å². The van der Waals surface area contributed by atoms with Gasteiger partial charge in [-0.25, -0.2) is 0 Å². The number of para-hydroxylation sites is 2. The fraction of sp³-hybridized carbons (Fsp3) is 0.211. The highest BCUT2D eigenvalue weighted by Gasteiger charge is 2.60. The number of benzene rings is 4. The Hall–Kier alpha value is -5.10. The van der Waals surface area contributed by atoms with Crippen molar-refractivity contribution in [1.29, 1.82) is 0 Å². The monoisotopic (exact) mass is 592 g/mol. The van der Waals surface area contributed by atoms with Gasteiger partial charge in [0.05, 0.1) is 11.8 Å². The summed E-state index contributed by atoms with van der Waals surface area (Å²) in [5, 5.41) is 20.0. The summed E-state index contributed by atoms with van der Waals surface area (Å²) >= 11 is 0. The highest BCUT2D eigenvalue weighted by atomic mass is 16.5. The van der Waals surface area contributed by atoms with E-state index >= 15 is 0 Å². The van der Waals surface area contributed by atoms with E-state index in [9.17, 15) is 19.8 Å². The number of aliphatic carboxylic acids is 2. The summed E-state index contributed by atoms with van der Waals surface area (Å²) in [5.41, 5.74) is 3.78. The van der Waals surface area contributed by atoms with Crippen molar-refractivity contribution >= 4 is 11.9 Å². The number of carboxylic acid groups (broad SMARTS) is 2. The molecular formula is C38H40O6. The van der Waals surface area contributed by atoms with E-state index in [1.54, 1.807) is 60.7 Å². The number of aryl methyl sites for hydroxylation is 2. The lowest BCUT2D eigenvalue weighted by Crippen LogP contribution is -2.51. The molecule has 4 aromatic carbocycles. The summed E-state index contributed by atoms with van der Waals surface area (Å²) in [4.78, 5) is 24.5. The number of hydrogen-bond donors (Lipinski definition) is 2. The Balaban J connectivity index is 0.000000306. The molecule has 0 atom stereocenters. The first-order chi connectivity index (χ1) is 21.3. The number of hydrogen-bond acceptors (Lipinski definition) is 4. The van der Waals surface area contributed by atoms with Crippen LogP contribution in [-0.4, -0.2) is 35.4 Å². The van der Waals surface area contributed by atoms with Gasteiger partial charge in [0.2, 0.25) is 0 Å². The molecule has 0 unspecified atom stereocenters. The quantitative estimate of drug-likeness (QED) is 0.181. The molecular weight excluding hydrogens is 552 g/mol. The summed E-state index contributed by atoms with van der Waals surface area (Å²) in [6, 6.07) is 34.4. The number of carboxylic acids is 2. The Labute approximate surface area is 259 Å². The first kappa shape index (κ1) is 33.4. The first-order valence-electron chi connectivity index (χ1n) is 14.4. The molecule has 6 heteroatoms. The second-order valence-corrected chi connectivity index (χ2v) is 10.4. The van der Waals surface area contributed by atoms with Gasteiger partial charge in [0.1, 0.15) is 24.7 Å². The van der Waals surface area contributed by atoms with Gasteiger partial charge in [-0.15, -0.1) is 0 Å². The molecule has 4 aromatic rings. The lowest BCUT2D eigenvalue weighted by Gasteiger charge is -2.48. The van der Waals surface area contributed by atoms with E-state index in [0.29, 0.717) is 22.6 Å². The van der Waals surface area contributed by atoms with Crippen molar-refractivity contribution in [2.45, 2.75) is 25.7 Å². The Morgan fingerprint density at radius 3 is 1.18 bits per heavy atom. The van der Waals surface area contributed by atoms with Crippen LogP contribution in [0.4, 0.5) is 0 Å². The second-order valence-electron chi connectivity index (χ2n) is 10.4. The number of rotatable bonds is 10. The first-order valence-corrected chi connectivity index (χ1v) is 14.4. The minimum atomic E-state index is -1.06. The van der Waals surface area contributed by atoms with Gasteiger partial charge in [-0.2, -0.15) is 0 Å². The van der Waals surface area contributed by atoms with Crippen molar-refractivity contribution < 1.29 is 29.3 Å². The van der Waals surface area contributed by atoms with Crippen LogP contribution in [0.2, 0.25) is 0 Å². The van der Waals surface area contributed by atoms with Crippen LogP contribution < -0.4 is 9.47 Å². The highest BCUT2D eigenvalue weighted by molar-refractivity contribution is 5.84. The van der Waals surface area contributed by atoms with E-state index in [1.807, 2.05) is 36.4 Å². The fourth-order valence-electron chi connectivity index (χ4n) is 5.28. The molecule has 0 radical (unpaired) electrons. The fourth-order valence-corrected chi connectivity index (χ4v) is 5.28. The molecule has 0 heterocycles. The maximum atomic E-state index is 12.3. The van der Waals surface area contributed by atoms with Crippen molar-refractivity contribution in [3.8, 4) is 11.5 Å². The minimum absolute atomic E-state index is 0.237. The molecule has 0 saturated heterocycles. The Morgan fingerprint density at radius 1 is 0.591 bits per heavy atom. The molecule has 0 spiro atoms. The molecule has 1 saturated carbocycles. The zero-order valence-corrected chi connectivity index (χ0v) is 25.2. The van der Waals surface area contributed by atoms with Crippen LogP contribution >= 0.6 is 0 Å². The van der Waals surface area contributed by atoms with Crippen LogP contribution in [0.25, 0.3) is 0 Å². The summed E-state index contributed by atoms with van der Waals surface area (Å²) in [5.74, 6) is -4.53. The molecule has 1 aliphatic rings. The predicted molar refractivity (Wildman–Crippen MR) is 174 cm³/mol. The second kappa shape index (κ2) is 17.1. The predicted octanol–water partition coefficient (Wildman–Crippen LogP) is 8.09. The zero-order chi connectivity index (χ0) is 31.9. The van der Waals surface area contributed by atoms with Gasteiger partial charge in [-0.05, 0) is 37.1 Å².